The number of rotatable bonds is 3. The molecule has 1 aromatic carbocycles. The summed E-state index contributed by atoms with van der Waals surface area (Å²) in [6, 6.07) is 10.4. The molecule has 2 atom stereocenters. The van der Waals surface area contributed by atoms with Gasteiger partial charge in [0.05, 0.1) is 27.7 Å². The summed E-state index contributed by atoms with van der Waals surface area (Å²) in [4.78, 5) is 25.2. The number of hydrogen-bond donors (Lipinski definition) is 2. The van der Waals surface area contributed by atoms with E-state index in [9.17, 15) is 9.18 Å². The smallest absolute Gasteiger partial charge is 0.255 e. The minimum Gasteiger partial charge on any atom is -0.386 e. The van der Waals surface area contributed by atoms with Crippen LogP contribution in [0.25, 0.3) is 38.6 Å². The van der Waals surface area contributed by atoms with Crippen LogP contribution in [0, 0.1) is 17.6 Å². The first-order valence-electron chi connectivity index (χ1n) is 12.5. The van der Waals surface area contributed by atoms with Crippen molar-refractivity contribution in [3.8, 4) is 11.1 Å². The van der Waals surface area contributed by atoms with E-state index < -0.39 is 11.6 Å². The Bertz CT molecular complexity index is 1780. The van der Waals surface area contributed by atoms with Crippen molar-refractivity contribution in [3.63, 3.8) is 0 Å². The molecule has 0 spiro atoms. The maximum Gasteiger partial charge on any atom is 0.255 e. The lowest BCUT2D eigenvalue weighted by molar-refractivity contribution is 0.386. The van der Waals surface area contributed by atoms with Crippen molar-refractivity contribution in [2.24, 2.45) is 5.92 Å². The first-order valence-corrected chi connectivity index (χ1v) is 12.5. The lowest BCUT2D eigenvalue weighted by Crippen LogP contribution is -2.35. The average molecular weight is 501 g/mol. The van der Waals surface area contributed by atoms with Gasteiger partial charge < -0.3 is 20.1 Å². The van der Waals surface area contributed by atoms with Crippen molar-refractivity contribution in [1.29, 1.82) is 0 Å². The van der Waals surface area contributed by atoms with Gasteiger partial charge >= 0.3 is 0 Å². The van der Waals surface area contributed by atoms with Crippen LogP contribution in [0.5, 0.6) is 0 Å². The Kier molecular flexibility index (Phi) is 4.81. The summed E-state index contributed by atoms with van der Waals surface area (Å²) in [6.45, 7) is 2.72. The Morgan fingerprint density at radius 2 is 2.00 bits per heavy atom. The molecule has 9 heteroatoms. The molecule has 0 aliphatic carbocycles. The van der Waals surface area contributed by atoms with Gasteiger partial charge in [-0.3, -0.25) is 9.20 Å². The van der Waals surface area contributed by atoms with Crippen LogP contribution in [-0.2, 0) is 0 Å². The van der Waals surface area contributed by atoms with Crippen LogP contribution in [-0.4, -0.2) is 59.0 Å². The molecule has 0 radical (unpaired) electrons. The summed E-state index contributed by atoms with van der Waals surface area (Å²) < 4.78 is 32.0. The Morgan fingerprint density at radius 3 is 2.84 bits per heavy atom. The van der Waals surface area contributed by atoms with Crippen molar-refractivity contribution >= 4 is 38.8 Å². The zero-order chi connectivity index (χ0) is 25.4. The van der Waals surface area contributed by atoms with Gasteiger partial charge in [-0.05, 0) is 31.5 Å². The predicted octanol–water partition coefficient (Wildman–Crippen LogP) is 4.46. The number of aromatic amines is 1. The highest BCUT2D eigenvalue weighted by atomic mass is 19.2. The summed E-state index contributed by atoms with van der Waals surface area (Å²) in [5, 5.41) is 3.74. The number of hydrogen-bond acceptors (Lipinski definition) is 5. The lowest BCUT2D eigenvalue weighted by Gasteiger charge is -2.29. The lowest BCUT2D eigenvalue weighted by atomic mass is 10.00. The van der Waals surface area contributed by atoms with Gasteiger partial charge in [-0.2, -0.15) is 0 Å². The quantitative estimate of drug-likeness (QED) is 0.383. The molecule has 4 aromatic heterocycles. The minimum absolute atomic E-state index is 0.132. The van der Waals surface area contributed by atoms with Crippen LogP contribution in [0.3, 0.4) is 0 Å². The molecule has 0 amide bonds. The number of aromatic nitrogens is 3. The number of nitrogens with one attached hydrogen (secondary N) is 2. The van der Waals surface area contributed by atoms with E-state index in [1.54, 1.807) is 23.7 Å². The molecule has 0 unspecified atom stereocenters. The van der Waals surface area contributed by atoms with E-state index in [-0.39, 0.29) is 17.0 Å². The van der Waals surface area contributed by atoms with Crippen LogP contribution >= 0.6 is 0 Å². The number of fused-ring (bicyclic) bond motifs is 5. The van der Waals surface area contributed by atoms with Crippen molar-refractivity contribution < 1.29 is 8.78 Å². The van der Waals surface area contributed by atoms with E-state index in [2.05, 4.69) is 32.1 Å². The third kappa shape index (κ3) is 3.20. The second-order valence-electron chi connectivity index (χ2n) is 10.2. The molecule has 2 N–H and O–H groups in total. The summed E-state index contributed by atoms with van der Waals surface area (Å²) in [7, 11) is 3.80. The second kappa shape index (κ2) is 8.01. The number of likely N-dealkylation sites (N-methyl/N-ethyl adjacent to an activating group) is 1. The molecular weight excluding hydrogens is 474 g/mol. The van der Waals surface area contributed by atoms with Gasteiger partial charge in [0.15, 0.2) is 11.6 Å². The normalized spacial score (nSPS) is 19.9. The zero-order valence-electron chi connectivity index (χ0n) is 20.6. The fourth-order valence-electron chi connectivity index (χ4n) is 6.41. The number of nitrogens with zero attached hydrogens (tertiary/aromatic N) is 4. The van der Waals surface area contributed by atoms with Gasteiger partial charge in [-0.25, -0.2) is 13.8 Å². The molecule has 2 aliphatic rings. The van der Waals surface area contributed by atoms with Crippen molar-refractivity contribution in [2.75, 3.05) is 43.9 Å². The van der Waals surface area contributed by atoms with Gasteiger partial charge in [0.2, 0.25) is 0 Å². The van der Waals surface area contributed by atoms with Crippen LogP contribution in [0.2, 0.25) is 0 Å². The SMILES string of the molecule is CNc1cc(F)c(F)c2c1[nH]c1ncc(-c3ccc4cccc(=O)n4c3)c(N3CC[C@H]4CN(C)C[C@H]43)c12. The fourth-order valence-corrected chi connectivity index (χ4v) is 6.41. The monoisotopic (exact) mass is 500 g/mol. The molecule has 2 fully saturated rings. The maximum absolute atomic E-state index is 15.5. The number of likely N-dealkylation sites (tertiary alicyclic amines) is 1. The highest BCUT2D eigenvalue weighted by Crippen LogP contribution is 2.46. The highest BCUT2D eigenvalue weighted by Gasteiger charge is 2.42. The van der Waals surface area contributed by atoms with Crippen LogP contribution in [0.4, 0.5) is 20.2 Å². The zero-order valence-corrected chi connectivity index (χ0v) is 20.6. The predicted molar refractivity (Wildman–Crippen MR) is 142 cm³/mol. The highest BCUT2D eigenvalue weighted by molar-refractivity contribution is 6.18. The van der Waals surface area contributed by atoms with Gasteiger partial charge in [-0.1, -0.05) is 12.1 Å². The van der Waals surface area contributed by atoms with E-state index in [1.165, 1.54) is 12.1 Å². The number of anilines is 2. The maximum atomic E-state index is 15.5. The Morgan fingerprint density at radius 1 is 1.14 bits per heavy atom. The number of halogens is 2. The first-order chi connectivity index (χ1) is 17.9. The number of benzene rings is 1. The third-order valence-electron chi connectivity index (χ3n) is 8.09. The molecule has 0 bridgehead atoms. The molecular formula is C28H26F2N6O. The van der Waals surface area contributed by atoms with E-state index in [0.29, 0.717) is 28.2 Å². The Hall–Kier alpha value is -3.98. The van der Waals surface area contributed by atoms with Gasteiger partial charge in [0.1, 0.15) is 5.65 Å². The van der Waals surface area contributed by atoms with E-state index in [4.69, 9.17) is 0 Å². The first kappa shape index (κ1) is 22.2. The summed E-state index contributed by atoms with van der Waals surface area (Å²) in [5.74, 6) is -1.30. The number of pyridine rings is 3. The summed E-state index contributed by atoms with van der Waals surface area (Å²) in [5.41, 5.74) is 4.51. The topological polar surface area (TPSA) is 68.7 Å². The molecule has 0 saturated carbocycles. The Labute approximate surface area is 211 Å². The molecule has 2 aliphatic heterocycles. The summed E-state index contributed by atoms with van der Waals surface area (Å²) >= 11 is 0. The van der Waals surface area contributed by atoms with Crippen LogP contribution in [0.15, 0.2) is 53.6 Å². The Balaban J connectivity index is 1.58. The summed E-state index contributed by atoms with van der Waals surface area (Å²) in [6.07, 6.45) is 4.61. The molecule has 188 valence electrons. The van der Waals surface area contributed by atoms with Crippen LogP contribution in [0.1, 0.15) is 6.42 Å². The van der Waals surface area contributed by atoms with Gasteiger partial charge in [0, 0.05) is 73.9 Å². The second-order valence-corrected chi connectivity index (χ2v) is 10.2. The van der Waals surface area contributed by atoms with Crippen molar-refractivity contribution in [2.45, 2.75) is 12.5 Å². The fraction of sp³-hybridized carbons (Fsp3) is 0.286. The van der Waals surface area contributed by atoms with Crippen LogP contribution < -0.4 is 15.8 Å². The van der Waals surface area contributed by atoms with Crippen molar-refractivity contribution in [3.05, 3.63) is 70.8 Å². The molecule has 7 nitrogen and oxygen atoms in total. The third-order valence-corrected chi connectivity index (χ3v) is 8.09. The average Bonchev–Trinajstić information content (AvgIpc) is 3.58. The van der Waals surface area contributed by atoms with E-state index >= 15 is 4.39 Å². The standard InChI is InChI=1S/C28H26F2N6O/c1-31-20-10-19(29)25(30)23-24-27(35-9-8-16-12-34(2)14-21(16)35)18(11-32-28(24)33-26(20)23)15-6-7-17-4-3-5-22(37)36(17)13-15/h3-7,10-11,13,16,21,31H,8-9,12,14H2,1-2H3,(H,32,33)/t16-,21+/m0/s1. The van der Waals surface area contributed by atoms with Gasteiger partial charge in [-0.15, -0.1) is 0 Å². The van der Waals surface area contributed by atoms with Crippen molar-refractivity contribution in [1.82, 2.24) is 19.3 Å². The van der Waals surface area contributed by atoms with Gasteiger partial charge in [0.25, 0.3) is 5.56 Å². The van der Waals surface area contributed by atoms with E-state index in [0.717, 1.165) is 48.4 Å². The molecule has 2 saturated heterocycles. The molecule has 7 rings (SSSR count). The van der Waals surface area contributed by atoms with E-state index in [1.807, 2.05) is 24.4 Å². The molecule has 6 heterocycles. The minimum atomic E-state index is -0.911. The largest absolute Gasteiger partial charge is 0.386 e. The number of H-pyrrole nitrogens is 1. The molecule has 37 heavy (non-hydrogen) atoms. The molecule has 5 aromatic rings.